The van der Waals surface area contributed by atoms with Crippen LogP contribution in [0.4, 0.5) is 0 Å². The molecule has 1 N–H and O–H groups in total. The Bertz CT molecular complexity index is 217. The topological polar surface area (TPSA) is 21.3 Å². The molecule has 1 aliphatic rings. The maximum absolute atomic E-state index is 5.84. The fourth-order valence-electron chi connectivity index (χ4n) is 2.96. The molecule has 0 aliphatic carbocycles. The van der Waals surface area contributed by atoms with Crippen LogP contribution in [0.15, 0.2) is 0 Å². The fraction of sp³-hybridized carbons (Fsp3) is 1.00. The molecule has 0 radical (unpaired) electrons. The minimum absolute atomic E-state index is 0.399. The quantitative estimate of drug-likeness (QED) is 0.625. The van der Waals surface area contributed by atoms with Crippen LogP contribution in [0.5, 0.6) is 0 Å². The molecule has 2 atom stereocenters. The van der Waals surface area contributed by atoms with Gasteiger partial charge in [-0.3, -0.25) is 0 Å². The molecule has 1 rings (SSSR count). The first kappa shape index (κ1) is 16.0. The molecule has 1 saturated heterocycles. The summed E-state index contributed by atoms with van der Waals surface area (Å²) in [6.07, 6.45) is 9.88. The molecule has 0 bridgehead atoms. The molecule has 2 heteroatoms. The van der Waals surface area contributed by atoms with Crippen molar-refractivity contribution in [2.24, 2.45) is 5.41 Å². The Labute approximate surface area is 114 Å². The second-order valence-corrected chi connectivity index (χ2v) is 6.33. The summed E-state index contributed by atoms with van der Waals surface area (Å²) in [6, 6.07) is 0.578. The fourth-order valence-corrected chi connectivity index (χ4v) is 2.96. The van der Waals surface area contributed by atoms with E-state index in [4.69, 9.17) is 4.74 Å². The summed E-state index contributed by atoms with van der Waals surface area (Å²) in [5, 5.41) is 3.63. The highest BCUT2D eigenvalue weighted by Crippen LogP contribution is 2.39. The molecular formula is C16H33NO. The largest absolute Gasteiger partial charge is 0.378 e. The molecular weight excluding hydrogens is 222 g/mol. The maximum atomic E-state index is 5.84. The van der Waals surface area contributed by atoms with E-state index >= 15 is 0 Å². The van der Waals surface area contributed by atoms with Gasteiger partial charge in [0.25, 0.3) is 0 Å². The smallest absolute Gasteiger partial charge is 0.0616 e. The Morgan fingerprint density at radius 2 is 1.94 bits per heavy atom. The Balaban J connectivity index is 2.35. The molecule has 0 spiro atoms. The van der Waals surface area contributed by atoms with Crippen LogP contribution in [-0.4, -0.2) is 25.3 Å². The Hall–Kier alpha value is -0.0800. The summed E-state index contributed by atoms with van der Waals surface area (Å²) in [5.74, 6) is 0. The minimum atomic E-state index is 0.399. The molecule has 2 nitrogen and oxygen atoms in total. The van der Waals surface area contributed by atoms with Gasteiger partial charge in [0.1, 0.15) is 0 Å². The molecule has 1 fully saturated rings. The minimum Gasteiger partial charge on any atom is -0.378 e. The third-order valence-electron chi connectivity index (χ3n) is 4.47. The van der Waals surface area contributed by atoms with Gasteiger partial charge in [0.2, 0.25) is 0 Å². The molecule has 0 aromatic rings. The van der Waals surface area contributed by atoms with E-state index in [9.17, 15) is 0 Å². The molecule has 18 heavy (non-hydrogen) atoms. The summed E-state index contributed by atoms with van der Waals surface area (Å²) in [6.45, 7) is 11.1. The summed E-state index contributed by atoms with van der Waals surface area (Å²) < 4.78 is 5.84. The highest BCUT2D eigenvalue weighted by molar-refractivity contribution is 4.91. The van der Waals surface area contributed by atoms with Crippen molar-refractivity contribution < 1.29 is 4.74 Å². The Morgan fingerprint density at radius 3 is 2.50 bits per heavy atom. The van der Waals surface area contributed by atoms with E-state index in [0.717, 1.165) is 13.2 Å². The first-order valence-corrected chi connectivity index (χ1v) is 7.96. The molecule has 0 saturated carbocycles. The lowest BCUT2D eigenvalue weighted by molar-refractivity contribution is 0.0560. The summed E-state index contributed by atoms with van der Waals surface area (Å²) in [7, 11) is 0. The van der Waals surface area contributed by atoms with Crippen molar-refractivity contribution in [3.63, 3.8) is 0 Å². The van der Waals surface area contributed by atoms with E-state index < -0.39 is 0 Å². The number of ether oxygens (including phenoxy) is 1. The third-order valence-corrected chi connectivity index (χ3v) is 4.47. The van der Waals surface area contributed by atoms with Crippen LogP contribution >= 0.6 is 0 Å². The van der Waals surface area contributed by atoms with Crippen LogP contribution in [0.25, 0.3) is 0 Å². The van der Waals surface area contributed by atoms with Crippen molar-refractivity contribution in [1.29, 1.82) is 0 Å². The lowest BCUT2D eigenvalue weighted by Crippen LogP contribution is -2.41. The van der Waals surface area contributed by atoms with Crippen molar-refractivity contribution >= 4 is 0 Å². The first-order valence-electron chi connectivity index (χ1n) is 7.96. The predicted octanol–water partition coefficient (Wildman–Crippen LogP) is 4.14. The van der Waals surface area contributed by atoms with Crippen molar-refractivity contribution in [3.8, 4) is 0 Å². The van der Waals surface area contributed by atoms with E-state index in [-0.39, 0.29) is 0 Å². The maximum Gasteiger partial charge on any atom is 0.0616 e. The van der Waals surface area contributed by atoms with Crippen LogP contribution in [-0.2, 0) is 4.74 Å². The zero-order valence-corrected chi connectivity index (χ0v) is 12.9. The van der Waals surface area contributed by atoms with Gasteiger partial charge in [0.05, 0.1) is 6.10 Å². The molecule has 0 aromatic heterocycles. The SMILES string of the molecule is CCCCCCCC1(CNC(C)C)CCOC1C. The van der Waals surface area contributed by atoms with Gasteiger partial charge in [-0.15, -0.1) is 0 Å². The van der Waals surface area contributed by atoms with E-state index in [1.54, 1.807) is 0 Å². The van der Waals surface area contributed by atoms with E-state index in [1.807, 2.05) is 0 Å². The van der Waals surface area contributed by atoms with Crippen molar-refractivity contribution in [2.45, 2.75) is 84.8 Å². The zero-order chi connectivity index (χ0) is 13.4. The Kier molecular flexibility index (Phi) is 7.25. The van der Waals surface area contributed by atoms with E-state index in [1.165, 1.54) is 44.9 Å². The van der Waals surface area contributed by atoms with Gasteiger partial charge in [-0.1, -0.05) is 52.9 Å². The van der Waals surface area contributed by atoms with Crippen molar-refractivity contribution in [1.82, 2.24) is 5.32 Å². The molecule has 0 aromatic carbocycles. The zero-order valence-electron chi connectivity index (χ0n) is 12.9. The molecule has 0 amide bonds. The van der Waals surface area contributed by atoms with Gasteiger partial charge in [0.15, 0.2) is 0 Å². The highest BCUT2D eigenvalue weighted by atomic mass is 16.5. The van der Waals surface area contributed by atoms with Gasteiger partial charge >= 0.3 is 0 Å². The van der Waals surface area contributed by atoms with Crippen LogP contribution in [0.3, 0.4) is 0 Å². The van der Waals surface area contributed by atoms with Gasteiger partial charge in [0, 0.05) is 24.6 Å². The summed E-state index contributed by atoms with van der Waals surface area (Å²) >= 11 is 0. The summed E-state index contributed by atoms with van der Waals surface area (Å²) in [4.78, 5) is 0. The second-order valence-electron chi connectivity index (χ2n) is 6.33. The average Bonchev–Trinajstić information content (AvgIpc) is 2.69. The van der Waals surface area contributed by atoms with E-state index in [0.29, 0.717) is 17.6 Å². The van der Waals surface area contributed by atoms with Crippen LogP contribution in [0.2, 0.25) is 0 Å². The van der Waals surface area contributed by atoms with Crippen LogP contribution in [0, 0.1) is 5.41 Å². The number of rotatable bonds is 9. The normalized spacial score (nSPS) is 28.2. The van der Waals surface area contributed by atoms with Gasteiger partial charge in [-0.25, -0.2) is 0 Å². The lowest BCUT2D eigenvalue weighted by Gasteiger charge is -2.33. The monoisotopic (exact) mass is 255 g/mol. The molecule has 1 aliphatic heterocycles. The van der Waals surface area contributed by atoms with Crippen molar-refractivity contribution in [3.05, 3.63) is 0 Å². The Morgan fingerprint density at radius 1 is 1.22 bits per heavy atom. The van der Waals surface area contributed by atoms with E-state index in [2.05, 4.69) is 33.0 Å². The number of hydrogen-bond acceptors (Lipinski definition) is 2. The molecule has 1 heterocycles. The van der Waals surface area contributed by atoms with Crippen LogP contribution < -0.4 is 5.32 Å². The van der Waals surface area contributed by atoms with Gasteiger partial charge in [-0.05, 0) is 19.8 Å². The first-order chi connectivity index (χ1) is 8.60. The van der Waals surface area contributed by atoms with Crippen LogP contribution in [0.1, 0.15) is 72.6 Å². The van der Waals surface area contributed by atoms with Gasteiger partial charge < -0.3 is 10.1 Å². The summed E-state index contributed by atoms with van der Waals surface area (Å²) in [5.41, 5.74) is 0.399. The molecule has 108 valence electrons. The molecule has 2 unspecified atom stereocenters. The lowest BCUT2D eigenvalue weighted by atomic mass is 9.76. The number of nitrogens with one attached hydrogen (secondary N) is 1. The number of hydrogen-bond donors (Lipinski definition) is 1. The standard InChI is InChI=1S/C16H33NO/c1-5-6-7-8-9-10-16(13-17-14(2)3)11-12-18-15(16)4/h14-15,17H,5-13H2,1-4H3. The predicted molar refractivity (Wildman–Crippen MR) is 79.0 cm³/mol. The van der Waals surface area contributed by atoms with Crippen molar-refractivity contribution in [2.75, 3.05) is 13.2 Å². The second kappa shape index (κ2) is 8.16. The van der Waals surface area contributed by atoms with Gasteiger partial charge in [-0.2, -0.15) is 0 Å². The number of unbranched alkanes of at least 4 members (excludes halogenated alkanes) is 4. The third kappa shape index (κ3) is 4.89. The average molecular weight is 255 g/mol. The highest BCUT2D eigenvalue weighted by Gasteiger charge is 2.40.